The van der Waals surface area contributed by atoms with Crippen LogP contribution in [0.3, 0.4) is 0 Å². The lowest BCUT2D eigenvalue weighted by molar-refractivity contribution is 0.579. The molecule has 1 rings (SSSR count). The third-order valence-electron chi connectivity index (χ3n) is 3.41. The summed E-state index contributed by atoms with van der Waals surface area (Å²) < 4.78 is 51.3. The average molecular weight is 392 g/mol. The maximum atomic E-state index is 11.6. The molecule has 0 atom stereocenters. The van der Waals surface area contributed by atoms with E-state index < -0.39 is 20.0 Å². The van der Waals surface area contributed by atoms with Crippen LogP contribution in [0.2, 0.25) is 0 Å². The van der Waals surface area contributed by atoms with E-state index in [0.717, 1.165) is 11.3 Å². The van der Waals surface area contributed by atoms with Crippen molar-refractivity contribution in [2.24, 2.45) is 0 Å². The fraction of sp³-hybridized carbons (Fsp3) is 0.625. The lowest BCUT2D eigenvalue weighted by Gasteiger charge is -2.09. The van der Waals surface area contributed by atoms with Gasteiger partial charge in [-0.2, -0.15) is 0 Å². The number of hydrogen-bond donors (Lipinski definition) is 3. The van der Waals surface area contributed by atoms with Crippen LogP contribution in [0, 0.1) is 0 Å². The Morgan fingerprint density at radius 2 is 1.28 bits per heavy atom. The second-order valence-electron chi connectivity index (χ2n) is 5.80. The summed E-state index contributed by atoms with van der Waals surface area (Å²) in [5, 5.41) is 3.15. The molecule has 1 aromatic rings. The molecular weight excluding hydrogens is 362 g/mol. The van der Waals surface area contributed by atoms with Gasteiger partial charge >= 0.3 is 0 Å². The van der Waals surface area contributed by atoms with Gasteiger partial charge in [-0.3, -0.25) is 0 Å². The first-order valence-corrected chi connectivity index (χ1v) is 11.9. The summed E-state index contributed by atoms with van der Waals surface area (Å²) in [7, 11) is -6.33. The molecule has 0 radical (unpaired) electrons. The Morgan fingerprint density at radius 3 is 1.80 bits per heavy atom. The third-order valence-corrected chi connectivity index (χ3v) is 6.59. The molecule has 0 heterocycles. The standard InChI is InChI=1S/C16H29N3O4S2/c1-3-13-24(20,21)18-10-9-15-5-7-16(8-6-15)17-11-12-19-25(22,23)14-4-2/h5-8,17-19H,3-4,9-14H2,1-2H3. The van der Waals surface area contributed by atoms with Crippen molar-refractivity contribution in [2.75, 3.05) is 36.5 Å². The molecule has 0 bridgehead atoms. The van der Waals surface area contributed by atoms with Crippen LogP contribution < -0.4 is 14.8 Å². The number of rotatable bonds is 13. The summed E-state index contributed by atoms with van der Waals surface area (Å²) in [5.41, 5.74) is 1.93. The van der Waals surface area contributed by atoms with Crippen LogP contribution in [-0.2, 0) is 26.5 Å². The molecule has 0 aromatic heterocycles. The van der Waals surface area contributed by atoms with Gasteiger partial charge in [0, 0.05) is 25.3 Å². The maximum Gasteiger partial charge on any atom is 0.211 e. The first-order valence-electron chi connectivity index (χ1n) is 8.55. The van der Waals surface area contributed by atoms with Crippen LogP contribution in [-0.4, -0.2) is 48.0 Å². The van der Waals surface area contributed by atoms with Crippen molar-refractivity contribution in [3.8, 4) is 0 Å². The van der Waals surface area contributed by atoms with Gasteiger partial charge in [0.15, 0.2) is 0 Å². The first-order chi connectivity index (χ1) is 11.8. The van der Waals surface area contributed by atoms with Gasteiger partial charge in [0.05, 0.1) is 11.5 Å². The topological polar surface area (TPSA) is 104 Å². The molecule has 9 heteroatoms. The zero-order valence-electron chi connectivity index (χ0n) is 14.9. The summed E-state index contributed by atoms with van der Waals surface area (Å²) in [4.78, 5) is 0. The monoisotopic (exact) mass is 391 g/mol. The van der Waals surface area contributed by atoms with E-state index in [-0.39, 0.29) is 11.5 Å². The van der Waals surface area contributed by atoms with Gasteiger partial charge in [-0.15, -0.1) is 0 Å². The van der Waals surface area contributed by atoms with Crippen molar-refractivity contribution in [3.05, 3.63) is 29.8 Å². The quantitative estimate of drug-likeness (QED) is 0.440. The lowest BCUT2D eigenvalue weighted by atomic mass is 10.1. The summed E-state index contributed by atoms with van der Waals surface area (Å²) in [6.45, 7) is 4.88. The lowest BCUT2D eigenvalue weighted by Crippen LogP contribution is -2.30. The summed E-state index contributed by atoms with van der Waals surface area (Å²) in [6.07, 6.45) is 1.82. The Balaban J connectivity index is 2.32. The molecular formula is C16H29N3O4S2. The highest BCUT2D eigenvalue weighted by molar-refractivity contribution is 7.89. The van der Waals surface area contributed by atoms with Crippen molar-refractivity contribution in [1.82, 2.24) is 9.44 Å². The molecule has 0 unspecified atom stereocenters. The van der Waals surface area contributed by atoms with Crippen LogP contribution in [0.1, 0.15) is 32.3 Å². The van der Waals surface area contributed by atoms with Crippen LogP contribution in [0.25, 0.3) is 0 Å². The molecule has 0 amide bonds. The molecule has 7 nitrogen and oxygen atoms in total. The minimum Gasteiger partial charge on any atom is -0.384 e. The Morgan fingerprint density at radius 1 is 0.760 bits per heavy atom. The molecule has 0 saturated heterocycles. The van der Waals surface area contributed by atoms with Gasteiger partial charge in [-0.25, -0.2) is 26.3 Å². The zero-order chi connectivity index (χ0) is 18.8. The van der Waals surface area contributed by atoms with Gasteiger partial charge in [-0.1, -0.05) is 26.0 Å². The van der Waals surface area contributed by atoms with Crippen molar-refractivity contribution < 1.29 is 16.8 Å². The zero-order valence-corrected chi connectivity index (χ0v) is 16.5. The van der Waals surface area contributed by atoms with Crippen LogP contribution in [0.15, 0.2) is 24.3 Å². The predicted molar refractivity (Wildman–Crippen MR) is 103 cm³/mol. The Bertz CT molecular complexity index is 701. The SMILES string of the molecule is CCCS(=O)(=O)NCCNc1ccc(CCNS(=O)(=O)CCC)cc1. The fourth-order valence-corrected chi connectivity index (χ4v) is 4.43. The number of hydrogen-bond acceptors (Lipinski definition) is 5. The summed E-state index contributed by atoms with van der Waals surface area (Å²) in [5.74, 6) is 0.293. The van der Waals surface area contributed by atoms with E-state index in [4.69, 9.17) is 0 Å². The first kappa shape index (κ1) is 21.9. The minimum atomic E-state index is -3.17. The predicted octanol–water partition coefficient (Wildman–Crippen LogP) is 1.30. The van der Waals surface area contributed by atoms with E-state index in [1.54, 1.807) is 0 Å². The number of nitrogens with one attached hydrogen (secondary N) is 3. The van der Waals surface area contributed by atoms with Crippen molar-refractivity contribution in [1.29, 1.82) is 0 Å². The van der Waals surface area contributed by atoms with Gasteiger partial charge in [0.1, 0.15) is 0 Å². The Hall–Kier alpha value is -1.16. The normalized spacial score (nSPS) is 12.2. The fourth-order valence-electron chi connectivity index (χ4n) is 2.24. The smallest absolute Gasteiger partial charge is 0.211 e. The molecule has 0 aliphatic heterocycles. The highest BCUT2D eigenvalue weighted by atomic mass is 32.2. The second kappa shape index (κ2) is 10.7. The molecule has 1 aromatic carbocycles. The van der Waals surface area contributed by atoms with E-state index in [2.05, 4.69) is 14.8 Å². The highest BCUT2D eigenvalue weighted by Crippen LogP contribution is 2.09. The van der Waals surface area contributed by atoms with E-state index in [9.17, 15) is 16.8 Å². The number of benzene rings is 1. The molecule has 0 aliphatic rings. The number of anilines is 1. The third kappa shape index (κ3) is 9.78. The van der Waals surface area contributed by atoms with E-state index in [1.807, 2.05) is 38.1 Å². The Labute approximate surface area is 151 Å². The van der Waals surface area contributed by atoms with Gasteiger partial charge < -0.3 is 5.32 Å². The molecule has 0 spiro atoms. The van der Waals surface area contributed by atoms with Crippen molar-refractivity contribution in [3.63, 3.8) is 0 Å². The minimum absolute atomic E-state index is 0.143. The average Bonchev–Trinajstić information content (AvgIpc) is 2.52. The molecule has 0 saturated carbocycles. The molecule has 3 N–H and O–H groups in total. The van der Waals surface area contributed by atoms with Gasteiger partial charge in [0.25, 0.3) is 0 Å². The molecule has 144 valence electrons. The second-order valence-corrected chi connectivity index (χ2v) is 9.65. The van der Waals surface area contributed by atoms with Gasteiger partial charge in [0.2, 0.25) is 20.0 Å². The van der Waals surface area contributed by atoms with E-state index in [0.29, 0.717) is 38.9 Å². The molecule has 0 fully saturated rings. The van der Waals surface area contributed by atoms with Crippen molar-refractivity contribution >= 4 is 25.7 Å². The van der Waals surface area contributed by atoms with Crippen LogP contribution >= 0.6 is 0 Å². The number of sulfonamides is 2. The maximum absolute atomic E-state index is 11.6. The highest BCUT2D eigenvalue weighted by Gasteiger charge is 2.08. The van der Waals surface area contributed by atoms with E-state index in [1.165, 1.54) is 0 Å². The Kier molecular flexibility index (Phi) is 9.41. The van der Waals surface area contributed by atoms with E-state index >= 15 is 0 Å². The molecule has 0 aliphatic carbocycles. The summed E-state index contributed by atoms with van der Waals surface area (Å²) in [6, 6.07) is 7.66. The van der Waals surface area contributed by atoms with Crippen LogP contribution in [0.5, 0.6) is 0 Å². The van der Waals surface area contributed by atoms with Crippen LogP contribution in [0.4, 0.5) is 5.69 Å². The van der Waals surface area contributed by atoms with Crippen molar-refractivity contribution in [2.45, 2.75) is 33.1 Å². The van der Waals surface area contributed by atoms with Gasteiger partial charge in [-0.05, 0) is 37.0 Å². The largest absolute Gasteiger partial charge is 0.384 e. The summed E-state index contributed by atoms with van der Waals surface area (Å²) >= 11 is 0. The molecule has 25 heavy (non-hydrogen) atoms.